The van der Waals surface area contributed by atoms with E-state index in [0.717, 1.165) is 57.8 Å². The summed E-state index contributed by atoms with van der Waals surface area (Å²) in [5.74, 6) is -1.68. The van der Waals surface area contributed by atoms with Gasteiger partial charge in [-0.3, -0.25) is 0 Å². The van der Waals surface area contributed by atoms with Gasteiger partial charge in [-0.1, -0.05) is 117 Å². The van der Waals surface area contributed by atoms with Gasteiger partial charge in [0.25, 0.3) is 0 Å². The Kier molecular flexibility index (Phi) is 27.2. The average Bonchev–Trinajstić information content (AvgIpc) is 3.00. The second-order valence-electron chi connectivity index (χ2n) is 10.5. The molecule has 41 heavy (non-hydrogen) atoms. The fourth-order valence-corrected chi connectivity index (χ4v) is 4.40. The van der Waals surface area contributed by atoms with Crippen LogP contribution in [0.3, 0.4) is 0 Å². The Morgan fingerprint density at radius 3 is 1.24 bits per heavy atom. The predicted molar refractivity (Wildman–Crippen MR) is 165 cm³/mol. The van der Waals surface area contributed by atoms with Gasteiger partial charge in [0.2, 0.25) is 0 Å². The molecular weight excluding hydrogens is 630 g/mol. The fourth-order valence-electron chi connectivity index (χ4n) is 4.40. The third kappa shape index (κ3) is 19.9. The Hall–Kier alpha value is -1.75. The fraction of sp³-hybridized carbons (Fsp3) is 0.727. The Balaban J connectivity index is 0.00000781. The third-order valence-electron chi connectivity index (χ3n) is 6.89. The van der Waals surface area contributed by atoms with E-state index in [1.807, 2.05) is 0 Å². The summed E-state index contributed by atoms with van der Waals surface area (Å²) >= 11 is 0.300. The van der Waals surface area contributed by atoms with E-state index in [-0.39, 0.29) is 23.3 Å². The van der Waals surface area contributed by atoms with Crippen molar-refractivity contribution in [1.29, 1.82) is 0 Å². The number of hydrogen-bond donors (Lipinski definition) is 0. The quantitative estimate of drug-likeness (QED) is 0.0466. The molecule has 0 aliphatic heterocycles. The predicted octanol–water partition coefficient (Wildman–Crippen LogP) is 8.47. The molecule has 0 N–H and O–H groups in total. The van der Waals surface area contributed by atoms with Gasteiger partial charge in [0.1, 0.15) is 0 Å². The van der Waals surface area contributed by atoms with Crippen molar-refractivity contribution in [1.82, 2.24) is 0 Å². The van der Waals surface area contributed by atoms with Gasteiger partial charge >= 0.3 is 43.9 Å². The molecule has 0 saturated heterocycles. The van der Waals surface area contributed by atoms with Crippen molar-refractivity contribution in [2.45, 2.75) is 136 Å². The van der Waals surface area contributed by atoms with Crippen molar-refractivity contribution in [2.75, 3.05) is 19.8 Å². The minimum atomic E-state index is -0.611. The number of rotatable bonds is 24. The summed E-state index contributed by atoms with van der Waals surface area (Å²) in [6.45, 7) is 7.46. The van der Waals surface area contributed by atoms with Crippen molar-refractivity contribution in [2.24, 2.45) is 0 Å². The van der Waals surface area contributed by atoms with Crippen molar-refractivity contribution < 1.29 is 31.6 Å². The van der Waals surface area contributed by atoms with Gasteiger partial charge in [0, 0.05) is 0 Å². The molecule has 0 aromatic heterocycles. The zero-order chi connectivity index (χ0) is 30.6. The van der Waals surface area contributed by atoms with E-state index in [2.05, 4.69) is 20.8 Å². The number of ether oxygens (including phenoxy) is 3. The summed E-state index contributed by atoms with van der Waals surface area (Å²) < 4.78 is 24.7. The van der Waals surface area contributed by atoms with E-state index >= 15 is 0 Å². The van der Waals surface area contributed by atoms with Crippen LogP contribution in [0.4, 0.5) is 0 Å². The van der Waals surface area contributed by atoms with Crippen LogP contribution >= 0.6 is 0 Å². The van der Waals surface area contributed by atoms with Crippen LogP contribution in [0.25, 0.3) is 0 Å². The van der Waals surface area contributed by atoms with Crippen molar-refractivity contribution in [3.8, 4) is 0 Å². The second-order valence-corrected chi connectivity index (χ2v) is 10.5. The Labute approximate surface area is 262 Å². The van der Waals surface area contributed by atoms with E-state index < -0.39 is 17.9 Å². The summed E-state index contributed by atoms with van der Waals surface area (Å²) in [4.78, 5) is 38.4. The monoisotopic (exact) mass is 684 g/mol. The first kappa shape index (κ1) is 39.2. The Morgan fingerprint density at radius 1 is 0.488 bits per heavy atom. The molecule has 1 aromatic rings. The molecule has 0 radical (unpaired) electrons. The third-order valence-corrected chi connectivity index (χ3v) is 6.89. The number of unbranched alkanes of at least 4 members (excludes halogenated alkanes) is 15. The van der Waals surface area contributed by atoms with Crippen LogP contribution in [-0.4, -0.2) is 60.7 Å². The molecule has 0 aliphatic carbocycles. The summed E-state index contributed by atoms with van der Waals surface area (Å²) in [7, 11) is 0. The first-order valence-corrected chi connectivity index (χ1v) is 17.1. The van der Waals surface area contributed by atoms with Gasteiger partial charge in [-0.15, -0.1) is 0 Å². The number of carbonyl (C=O) groups is 3. The van der Waals surface area contributed by atoms with Crippen LogP contribution < -0.4 is 0 Å². The molecule has 1 rings (SSSR count). The number of benzene rings is 1. The van der Waals surface area contributed by atoms with Crippen molar-refractivity contribution in [3.05, 3.63) is 34.9 Å². The number of esters is 3. The van der Waals surface area contributed by atoms with Crippen LogP contribution in [0, 0.1) is 0 Å². The standard InChI is InChI=1S/C33H54O6.O.Sb.H/c1-4-7-10-13-16-19-24-37-31(34)28-22-23-29(32(35)38-25-20-17-14-11-8-5-2)30(27-28)33(36)39-26-21-18-15-12-9-6-3;;;/h22-23,27H,4-21,24-26H2,1-3H3;;;. The molecule has 0 aliphatic rings. The summed E-state index contributed by atoms with van der Waals surface area (Å²) in [5.41, 5.74) is 0.421. The van der Waals surface area contributed by atoms with Gasteiger partial charge < -0.3 is 14.2 Å². The molecule has 0 heterocycles. The first-order valence-electron chi connectivity index (χ1n) is 15.9. The Morgan fingerprint density at radius 2 is 0.829 bits per heavy atom. The average molecular weight is 686 g/mol. The SMILES string of the molecule is CCCCCCCCOC(=O)c1ccc(C(=O)OCCCCCCCC)c(C(=O)OCCCCCCCC)c1.[O]=[SbH]. The molecule has 234 valence electrons. The molecule has 0 spiro atoms. The van der Waals surface area contributed by atoms with Gasteiger partial charge in [-0.05, 0) is 37.5 Å². The molecule has 8 heteroatoms. The van der Waals surface area contributed by atoms with Gasteiger partial charge in [-0.25, -0.2) is 14.4 Å². The summed E-state index contributed by atoms with van der Waals surface area (Å²) in [5, 5.41) is 0. The molecule has 0 amide bonds. The summed E-state index contributed by atoms with van der Waals surface area (Å²) in [6.07, 6.45) is 19.6. The molecule has 0 unspecified atom stereocenters. The van der Waals surface area contributed by atoms with Crippen LogP contribution in [-0.2, 0) is 17.2 Å². The number of carbonyl (C=O) groups excluding carboxylic acids is 3. The van der Waals surface area contributed by atoms with Gasteiger partial charge in [0.05, 0.1) is 36.5 Å². The zero-order valence-electron chi connectivity index (χ0n) is 25.9. The van der Waals surface area contributed by atoms with Crippen molar-refractivity contribution >= 4 is 40.9 Å². The normalized spacial score (nSPS) is 10.4. The maximum atomic E-state index is 13.0. The summed E-state index contributed by atoms with van der Waals surface area (Å²) in [6, 6.07) is 4.41. The number of hydrogen-bond acceptors (Lipinski definition) is 7. The van der Waals surface area contributed by atoms with E-state index in [9.17, 15) is 14.4 Å². The topological polar surface area (TPSA) is 96.0 Å². The van der Waals surface area contributed by atoms with Crippen LogP contribution in [0.1, 0.15) is 167 Å². The molecular formula is C33H55O7Sb. The molecule has 0 fully saturated rings. The first-order chi connectivity index (χ1) is 20.0. The van der Waals surface area contributed by atoms with E-state index in [1.54, 1.807) is 0 Å². The second kappa shape index (κ2) is 28.4. The molecule has 7 nitrogen and oxygen atoms in total. The Bertz CT molecular complexity index is 828. The van der Waals surface area contributed by atoms with Gasteiger partial charge in [0.15, 0.2) is 0 Å². The molecule has 0 saturated carbocycles. The van der Waals surface area contributed by atoms with Crippen LogP contribution in [0.2, 0.25) is 0 Å². The van der Waals surface area contributed by atoms with Crippen LogP contribution in [0.5, 0.6) is 0 Å². The van der Waals surface area contributed by atoms with Crippen LogP contribution in [0.15, 0.2) is 18.2 Å². The van der Waals surface area contributed by atoms with E-state index in [1.165, 1.54) is 76.0 Å². The van der Waals surface area contributed by atoms with E-state index in [4.69, 9.17) is 17.2 Å². The van der Waals surface area contributed by atoms with Gasteiger partial charge in [-0.2, -0.15) is 0 Å². The molecule has 0 atom stereocenters. The maximum absolute atomic E-state index is 13.0. The minimum absolute atomic E-state index is 0.0583. The molecule has 0 bridgehead atoms. The molecule has 1 aromatic carbocycles. The zero-order valence-corrected chi connectivity index (χ0v) is 28.8. The van der Waals surface area contributed by atoms with Crippen molar-refractivity contribution in [3.63, 3.8) is 0 Å². The van der Waals surface area contributed by atoms with E-state index in [0.29, 0.717) is 36.2 Å².